The molecule has 0 radical (unpaired) electrons. The molecule has 8 aromatic rings. The number of benzene rings is 8. The molecule has 1 atom stereocenters. The summed E-state index contributed by atoms with van der Waals surface area (Å²) in [5.74, 6) is 1.75. The molecule has 0 bridgehead atoms. The highest BCUT2D eigenvalue weighted by Gasteiger charge is 2.43. The zero-order valence-corrected chi connectivity index (χ0v) is 46.9. The van der Waals surface area contributed by atoms with Gasteiger partial charge in [0.1, 0.15) is 0 Å². The first-order valence-corrected chi connectivity index (χ1v) is 30.4. The molecule has 394 valence electrons. The Bertz CT molecular complexity index is 3270. The fourth-order valence-electron chi connectivity index (χ4n) is 14.0. The molecule has 1 aliphatic heterocycles. The van der Waals surface area contributed by atoms with E-state index in [1.165, 1.54) is 201 Å². The topological polar surface area (TPSA) is 12.5 Å². The van der Waals surface area contributed by atoms with E-state index in [9.17, 15) is 0 Å². The highest BCUT2D eigenvalue weighted by atomic mass is 16.5. The fraction of sp³-hybridized carbons (Fsp3) is 0.360. The third kappa shape index (κ3) is 10.5. The number of unbranched alkanes of at least 4 members (excludes halogenated alkanes) is 15. The van der Waals surface area contributed by atoms with Crippen molar-refractivity contribution in [1.29, 1.82) is 0 Å². The number of anilines is 3. The van der Waals surface area contributed by atoms with Crippen molar-refractivity contribution in [2.24, 2.45) is 0 Å². The molecule has 3 aliphatic rings. The lowest BCUT2D eigenvalue weighted by Gasteiger charge is -2.35. The Morgan fingerprint density at radius 2 is 0.727 bits per heavy atom. The molecule has 2 heteroatoms. The molecule has 1 unspecified atom stereocenters. The summed E-state index contributed by atoms with van der Waals surface area (Å²) >= 11 is 0. The van der Waals surface area contributed by atoms with Crippen molar-refractivity contribution in [2.45, 2.75) is 173 Å². The fourth-order valence-corrected chi connectivity index (χ4v) is 14.0. The third-order valence-corrected chi connectivity index (χ3v) is 18.2. The van der Waals surface area contributed by atoms with Gasteiger partial charge in [-0.05, 0) is 134 Å². The van der Waals surface area contributed by atoms with Crippen LogP contribution < -0.4 is 9.64 Å². The van der Waals surface area contributed by atoms with Gasteiger partial charge in [0.25, 0.3) is 0 Å². The Kier molecular flexibility index (Phi) is 16.3. The quantitative estimate of drug-likeness (QED) is 0.0529. The van der Waals surface area contributed by atoms with Gasteiger partial charge in [-0.15, -0.1) is 0 Å². The number of para-hydroxylation sites is 1. The number of ether oxygens (including phenoxy) is 1. The van der Waals surface area contributed by atoms with Crippen LogP contribution in [0.5, 0.6) is 11.5 Å². The molecule has 77 heavy (non-hydrogen) atoms. The molecular formula is C75H83NO. The number of hydrogen-bond donors (Lipinski definition) is 0. The molecule has 0 saturated heterocycles. The van der Waals surface area contributed by atoms with Crippen molar-refractivity contribution in [2.75, 3.05) is 4.90 Å². The van der Waals surface area contributed by atoms with Crippen LogP contribution in [0.2, 0.25) is 0 Å². The highest BCUT2D eigenvalue weighted by Crippen LogP contribution is 2.58. The molecule has 0 fully saturated rings. The second kappa shape index (κ2) is 23.9. The Balaban J connectivity index is 0.978. The van der Waals surface area contributed by atoms with Crippen molar-refractivity contribution in [3.8, 4) is 67.1 Å². The maximum atomic E-state index is 7.31. The summed E-state index contributed by atoms with van der Waals surface area (Å²) in [7, 11) is 0. The lowest BCUT2D eigenvalue weighted by molar-refractivity contribution is 0.398. The smallest absolute Gasteiger partial charge is 0.152 e. The largest absolute Gasteiger partial charge is 0.453 e. The second-order valence-corrected chi connectivity index (χ2v) is 23.3. The van der Waals surface area contributed by atoms with Crippen molar-refractivity contribution in [3.05, 3.63) is 198 Å². The lowest BCUT2D eigenvalue weighted by atomic mass is 9.70. The van der Waals surface area contributed by atoms with Gasteiger partial charge >= 0.3 is 0 Å². The molecular weight excluding hydrogens is 931 g/mol. The van der Waals surface area contributed by atoms with Crippen molar-refractivity contribution < 1.29 is 4.74 Å². The number of fused-ring (bicyclic) bond motifs is 8. The summed E-state index contributed by atoms with van der Waals surface area (Å²) in [6.07, 6.45) is 27.2. The summed E-state index contributed by atoms with van der Waals surface area (Å²) in [5, 5.41) is 0. The van der Waals surface area contributed by atoms with E-state index in [0.29, 0.717) is 0 Å². The first-order chi connectivity index (χ1) is 38.0. The molecule has 1 heterocycles. The normalized spacial score (nSPS) is 15.3. The minimum atomic E-state index is -0.0345. The molecule has 11 rings (SSSR count). The summed E-state index contributed by atoms with van der Waals surface area (Å²) in [6.45, 7) is 9.46. The molecule has 0 saturated carbocycles. The van der Waals surface area contributed by atoms with Crippen LogP contribution in [0.15, 0.2) is 176 Å². The first kappa shape index (κ1) is 52.4. The van der Waals surface area contributed by atoms with E-state index in [4.69, 9.17) is 4.74 Å². The predicted molar refractivity (Wildman–Crippen MR) is 330 cm³/mol. The predicted octanol–water partition coefficient (Wildman–Crippen LogP) is 23.1. The summed E-state index contributed by atoms with van der Waals surface area (Å²) in [5.41, 5.74) is 22.1. The molecule has 0 N–H and O–H groups in total. The number of nitrogens with zero attached hydrogens (tertiary/aromatic N) is 1. The Morgan fingerprint density at radius 3 is 1.31 bits per heavy atom. The van der Waals surface area contributed by atoms with Crippen molar-refractivity contribution >= 4 is 17.1 Å². The highest BCUT2D eigenvalue weighted by molar-refractivity contribution is 5.95. The minimum Gasteiger partial charge on any atom is -0.453 e. The van der Waals surface area contributed by atoms with E-state index >= 15 is 0 Å². The van der Waals surface area contributed by atoms with Gasteiger partial charge in [0, 0.05) is 16.4 Å². The minimum absolute atomic E-state index is 0.0154. The van der Waals surface area contributed by atoms with Gasteiger partial charge in [-0.3, -0.25) is 0 Å². The van der Waals surface area contributed by atoms with Crippen molar-refractivity contribution in [3.63, 3.8) is 0 Å². The zero-order chi connectivity index (χ0) is 52.6. The Hall–Kier alpha value is -6.64. The van der Waals surface area contributed by atoms with Crippen molar-refractivity contribution in [1.82, 2.24) is 0 Å². The van der Waals surface area contributed by atoms with Crippen LogP contribution in [-0.2, 0) is 10.8 Å². The van der Waals surface area contributed by atoms with E-state index in [1.54, 1.807) is 5.56 Å². The summed E-state index contributed by atoms with van der Waals surface area (Å²) in [4.78, 5) is 2.45. The average Bonchev–Trinajstić information content (AvgIpc) is 4.04. The molecule has 0 amide bonds. The van der Waals surface area contributed by atoms with Gasteiger partial charge < -0.3 is 9.64 Å². The van der Waals surface area contributed by atoms with Crippen LogP contribution in [-0.4, -0.2) is 0 Å². The third-order valence-electron chi connectivity index (χ3n) is 18.2. The standard InChI is InChI=1S/C75H83NO/c1-5-8-11-14-17-29-48-74(4)65-37-26-23-35-61(65)63-44-40-56(51-67(63)74)58-42-46-70-72(53-58)77-73-54-59(43-47-71(73)76(70)69-39-28-25-34-60(69)55-32-21-20-22-33-55)57-41-45-64-62-36-24-27-38-66(62)75(68(64)52-57,49-30-18-15-12-9-6-2)50-31-19-16-13-10-7-3/h20-28,32-47,51-54H,5-19,29-31,48-50H2,1-4H3. The van der Waals surface area contributed by atoms with Gasteiger partial charge in [0.15, 0.2) is 11.5 Å². The van der Waals surface area contributed by atoms with Gasteiger partial charge in [0.2, 0.25) is 0 Å². The van der Waals surface area contributed by atoms with Crippen LogP contribution in [0.3, 0.4) is 0 Å². The van der Waals surface area contributed by atoms with E-state index in [1.807, 2.05) is 0 Å². The molecule has 0 aromatic heterocycles. The molecule has 8 aromatic carbocycles. The van der Waals surface area contributed by atoms with Crippen LogP contribution in [0, 0.1) is 0 Å². The summed E-state index contributed by atoms with van der Waals surface area (Å²) < 4.78 is 7.31. The van der Waals surface area contributed by atoms with Crippen LogP contribution in [0.1, 0.15) is 185 Å². The van der Waals surface area contributed by atoms with E-state index < -0.39 is 0 Å². The molecule has 2 nitrogen and oxygen atoms in total. The van der Waals surface area contributed by atoms with Crippen LogP contribution in [0.25, 0.3) is 55.6 Å². The van der Waals surface area contributed by atoms with Gasteiger partial charge in [0.05, 0.1) is 17.1 Å². The van der Waals surface area contributed by atoms with E-state index in [2.05, 4.69) is 209 Å². The Labute approximate surface area is 463 Å². The number of rotatable bonds is 25. The van der Waals surface area contributed by atoms with Gasteiger partial charge in [-0.2, -0.15) is 0 Å². The first-order valence-electron chi connectivity index (χ1n) is 30.4. The lowest BCUT2D eigenvalue weighted by Crippen LogP contribution is -2.25. The number of hydrogen-bond acceptors (Lipinski definition) is 2. The Morgan fingerprint density at radius 1 is 0.312 bits per heavy atom. The van der Waals surface area contributed by atoms with Crippen LogP contribution >= 0.6 is 0 Å². The SMILES string of the molecule is CCCCCCCCC1(C)c2ccccc2-c2ccc(-c3ccc4c(c3)Oc3cc(-c5ccc6c(c5)C(CCCCCCCC)(CCCCCCCC)c5ccccc5-6)ccc3N4c3ccccc3-c3ccccc3)cc21. The van der Waals surface area contributed by atoms with E-state index in [0.717, 1.165) is 35.0 Å². The maximum Gasteiger partial charge on any atom is 0.152 e. The monoisotopic (exact) mass is 1010 g/mol. The average molecular weight is 1010 g/mol. The second-order valence-electron chi connectivity index (χ2n) is 23.3. The van der Waals surface area contributed by atoms with Crippen LogP contribution in [0.4, 0.5) is 17.1 Å². The zero-order valence-electron chi connectivity index (χ0n) is 46.9. The van der Waals surface area contributed by atoms with Gasteiger partial charge in [-0.25, -0.2) is 0 Å². The van der Waals surface area contributed by atoms with E-state index in [-0.39, 0.29) is 10.8 Å². The van der Waals surface area contributed by atoms with Gasteiger partial charge in [-0.1, -0.05) is 277 Å². The maximum absolute atomic E-state index is 7.31. The summed E-state index contributed by atoms with van der Waals surface area (Å²) in [6, 6.07) is 66.9. The molecule has 2 aliphatic carbocycles. The molecule has 0 spiro atoms.